The molecular formula is C14H13NO4S. The van der Waals surface area contributed by atoms with Crippen LogP contribution in [0.4, 0.5) is 10.5 Å². The highest BCUT2D eigenvalue weighted by atomic mass is 32.1. The zero-order chi connectivity index (χ0) is 14.5. The normalized spacial score (nSPS) is 10.1. The Bertz CT molecular complexity index is 621. The number of hydrogen-bond donors (Lipinski definition) is 2. The molecular weight excluding hydrogens is 278 g/mol. The number of anilines is 1. The molecule has 1 aromatic heterocycles. The van der Waals surface area contributed by atoms with Crippen molar-refractivity contribution in [2.45, 2.75) is 13.5 Å². The lowest BCUT2D eigenvalue weighted by Gasteiger charge is -2.06. The topological polar surface area (TPSA) is 75.6 Å². The zero-order valence-electron chi connectivity index (χ0n) is 10.8. The Kier molecular flexibility index (Phi) is 4.37. The van der Waals surface area contributed by atoms with Crippen LogP contribution in [0.2, 0.25) is 0 Å². The van der Waals surface area contributed by atoms with E-state index in [1.807, 2.05) is 30.3 Å². The summed E-state index contributed by atoms with van der Waals surface area (Å²) in [4.78, 5) is 22.8. The molecule has 0 spiro atoms. The van der Waals surface area contributed by atoms with E-state index in [9.17, 15) is 9.59 Å². The van der Waals surface area contributed by atoms with Crippen LogP contribution in [-0.2, 0) is 11.3 Å². The number of carbonyl (C=O) groups excluding carboxylic acids is 1. The summed E-state index contributed by atoms with van der Waals surface area (Å²) in [6, 6.07) is 9.31. The number of benzene rings is 1. The van der Waals surface area contributed by atoms with E-state index in [1.54, 1.807) is 12.3 Å². The second-order valence-electron chi connectivity index (χ2n) is 4.10. The Morgan fingerprint density at radius 3 is 2.60 bits per heavy atom. The second-order valence-corrected chi connectivity index (χ2v) is 4.98. The van der Waals surface area contributed by atoms with Gasteiger partial charge in [0, 0.05) is 5.38 Å². The summed E-state index contributed by atoms with van der Waals surface area (Å²) >= 11 is 1.07. The van der Waals surface area contributed by atoms with Gasteiger partial charge in [-0.2, -0.15) is 0 Å². The first-order chi connectivity index (χ1) is 9.58. The molecule has 0 unspecified atom stereocenters. The third-order valence-corrected chi connectivity index (χ3v) is 3.75. The monoisotopic (exact) mass is 291 g/mol. The quantitative estimate of drug-likeness (QED) is 0.904. The van der Waals surface area contributed by atoms with Gasteiger partial charge < -0.3 is 9.84 Å². The van der Waals surface area contributed by atoms with E-state index in [1.165, 1.54) is 0 Å². The predicted molar refractivity (Wildman–Crippen MR) is 76.3 cm³/mol. The Balaban J connectivity index is 1.93. The van der Waals surface area contributed by atoms with Gasteiger partial charge in [-0.25, -0.2) is 9.59 Å². The maximum atomic E-state index is 11.6. The molecule has 1 aromatic carbocycles. The van der Waals surface area contributed by atoms with Crippen LogP contribution >= 0.6 is 11.3 Å². The van der Waals surface area contributed by atoms with Crippen molar-refractivity contribution in [3.8, 4) is 0 Å². The molecule has 0 saturated heterocycles. The highest BCUT2D eigenvalue weighted by molar-refractivity contribution is 7.12. The summed E-state index contributed by atoms with van der Waals surface area (Å²) in [6.45, 7) is 1.81. The number of nitrogens with one attached hydrogen (secondary N) is 1. The molecule has 5 nitrogen and oxygen atoms in total. The third-order valence-electron chi connectivity index (χ3n) is 2.68. The highest BCUT2D eigenvalue weighted by Crippen LogP contribution is 2.26. The summed E-state index contributed by atoms with van der Waals surface area (Å²) in [5.41, 5.74) is 1.88. The lowest BCUT2D eigenvalue weighted by molar-refractivity contribution is 0.0701. The highest BCUT2D eigenvalue weighted by Gasteiger charge is 2.15. The van der Waals surface area contributed by atoms with Crippen molar-refractivity contribution in [3.63, 3.8) is 0 Å². The molecule has 6 heteroatoms. The molecule has 0 bridgehead atoms. The smallest absolute Gasteiger partial charge is 0.411 e. The van der Waals surface area contributed by atoms with E-state index in [0.717, 1.165) is 16.9 Å². The number of carboxylic acid groups (broad SMARTS) is 1. The fourth-order valence-electron chi connectivity index (χ4n) is 1.62. The molecule has 20 heavy (non-hydrogen) atoms. The molecule has 2 N–H and O–H groups in total. The maximum Gasteiger partial charge on any atom is 0.411 e. The molecule has 1 heterocycles. The minimum absolute atomic E-state index is 0.168. The van der Waals surface area contributed by atoms with Crippen LogP contribution in [0.15, 0.2) is 35.7 Å². The van der Waals surface area contributed by atoms with E-state index >= 15 is 0 Å². The summed E-state index contributed by atoms with van der Waals surface area (Å²) in [6.07, 6.45) is -0.605. The zero-order valence-corrected chi connectivity index (χ0v) is 11.6. The number of carboxylic acids is 1. The van der Waals surface area contributed by atoms with Crippen molar-refractivity contribution >= 4 is 29.1 Å². The number of hydrogen-bond acceptors (Lipinski definition) is 4. The van der Waals surface area contributed by atoms with Crippen molar-refractivity contribution in [2.24, 2.45) is 0 Å². The van der Waals surface area contributed by atoms with Crippen LogP contribution in [0.25, 0.3) is 0 Å². The van der Waals surface area contributed by atoms with Gasteiger partial charge in [0.2, 0.25) is 0 Å². The maximum absolute atomic E-state index is 11.6. The molecule has 0 saturated carbocycles. The average molecular weight is 291 g/mol. The minimum atomic E-state index is -1.00. The van der Waals surface area contributed by atoms with Gasteiger partial charge in [0.25, 0.3) is 0 Å². The molecule has 2 rings (SSSR count). The van der Waals surface area contributed by atoms with E-state index in [0.29, 0.717) is 11.3 Å². The summed E-state index contributed by atoms with van der Waals surface area (Å²) in [7, 11) is 0. The van der Waals surface area contributed by atoms with Gasteiger partial charge >= 0.3 is 12.1 Å². The fraction of sp³-hybridized carbons (Fsp3) is 0.143. The van der Waals surface area contributed by atoms with Crippen molar-refractivity contribution < 1.29 is 19.4 Å². The standard InChI is InChI=1S/C14H13NO4S/c1-9-11(8-20-12(9)13(16)17)15-14(18)19-7-10-5-3-2-4-6-10/h2-6,8H,7H2,1H3,(H,15,18)(H,16,17). The van der Waals surface area contributed by atoms with E-state index in [-0.39, 0.29) is 11.5 Å². The summed E-state index contributed by atoms with van der Waals surface area (Å²) in [5.74, 6) is -1.00. The molecule has 0 radical (unpaired) electrons. The van der Waals surface area contributed by atoms with E-state index < -0.39 is 12.1 Å². The van der Waals surface area contributed by atoms with Crippen molar-refractivity contribution in [2.75, 3.05) is 5.32 Å². The third kappa shape index (κ3) is 3.36. The van der Waals surface area contributed by atoms with Crippen LogP contribution in [0, 0.1) is 6.92 Å². The van der Waals surface area contributed by atoms with Gasteiger partial charge in [-0.05, 0) is 18.1 Å². The van der Waals surface area contributed by atoms with E-state index in [4.69, 9.17) is 9.84 Å². The SMILES string of the molecule is Cc1c(NC(=O)OCc2ccccc2)csc1C(=O)O. The molecule has 0 aliphatic carbocycles. The Labute approximate surface area is 119 Å². The molecule has 0 aliphatic heterocycles. The number of ether oxygens (including phenoxy) is 1. The lowest BCUT2D eigenvalue weighted by Crippen LogP contribution is -2.13. The fourth-order valence-corrected chi connectivity index (χ4v) is 2.48. The number of thiophene rings is 1. The molecule has 104 valence electrons. The molecule has 0 aliphatic rings. The van der Waals surface area contributed by atoms with E-state index in [2.05, 4.69) is 5.32 Å². The number of amides is 1. The molecule has 2 aromatic rings. The predicted octanol–water partition coefficient (Wildman–Crippen LogP) is 3.50. The number of carbonyl (C=O) groups is 2. The van der Waals surface area contributed by atoms with Gasteiger partial charge in [0.15, 0.2) is 0 Å². The van der Waals surface area contributed by atoms with Gasteiger partial charge in [-0.1, -0.05) is 30.3 Å². The van der Waals surface area contributed by atoms with Crippen molar-refractivity contribution in [1.82, 2.24) is 0 Å². The lowest BCUT2D eigenvalue weighted by atomic mass is 10.2. The first-order valence-corrected chi connectivity index (χ1v) is 6.75. The van der Waals surface area contributed by atoms with Crippen LogP contribution in [0.3, 0.4) is 0 Å². The average Bonchev–Trinajstić information content (AvgIpc) is 2.79. The summed E-state index contributed by atoms with van der Waals surface area (Å²) in [5, 5.41) is 13.1. The molecule has 0 fully saturated rings. The van der Waals surface area contributed by atoms with Crippen LogP contribution in [-0.4, -0.2) is 17.2 Å². The Morgan fingerprint density at radius 2 is 2.00 bits per heavy atom. The first kappa shape index (κ1) is 14.1. The number of rotatable bonds is 4. The van der Waals surface area contributed by atoms with Gasteiger partial charge in [0.05, 0.1) is 5.69 Å². The Hall–Kier alpha value is -2.34. The van der Waals surface area contributed by atoms with Gasteiger partial charge in [-0.15, -0.1) is 11.3 Å². The van der Waals surface area contributed by atoms with Crippen LogP contribution in [0.1, 0.15) is 20.8 Å². The Morgan fingerprint density at radius 1 is 1.30 bits per heavy atom. The van der Waals surface area contributed by atoms with Crippen molar-refractivity contribution in [1.29, 1.82) is 0 Å². The minimum Gasteiger partial charge on any atom is -0.477 e. The largest absolute Gasteiger partial charge is 0.477 e. The molecule has 1 amide bonds. The molecule has 0 atom stereocenters. The van der Waals surface area contributed by atoms with Crippen LogP contribution < -0.4 is 5.32 Å². The second kappa shape index (κ2) is 6.21. The first-order valence-electron chi connectivity index (χ1n) is 5.87. The summed E-state index contributed by atoms with van der Waals surface area (Å²) < 4.78 is 5.06. The van der Waals surface area contributed by atoms with Crippen LogP contribution in [0.5, 0.6) is 0 Å². The number of aromatic carboxylic acids is 1. The van der Waals surface area contributed by atoms with Crippen molar-refractivity contribution in [3.05, 3.63) is 51.7 Å². The van der Waals surface area contributed by atoms with Gasteiger partial charge in [-0.3, -0.25) is 5.32 Å². The van der Waals surface area contributed by atoms with Gasteiger partial charge in [0.1, 0.15) is 11.5 Å².